The van der Waals surface area contributed by atoms with Crippen molar-refractivity contribution in [2.24, 2.45) is 7.05 Å². The van der Waals surface area contributed by atoms with Gasteiger partial charge in [-0.15, -0.1) is 0 Å². The smallest absolute Gasteiger partial charge is 0.312 e. The zero-order valence-corrected chi connectivity index (χ0v) is 15.6. The first-order valence-corrected chi connectivity index (χ1v) is 9.82. The first kappa shape index (κ1) is 18.7. The summed E-state index contributed by atoms with van der Waals surface area (Å²) in [6.07, 6.45) is 3.40. The molecule has 0 spiro atoms. The summed E-state index contributed by atoms with van der Waals surface area (Å²) >= 11 is 1.27. The van der Waals surface area contributed by atoms with Gasteiger partial charge in [0.15, 0.2) is 10.9 Å². The lowest BCUT2D eigenvalue weighted by Crippen LogP contribution is -2.13. The Labute approximate surface area is 158 Å². The van der Waals surface area contributed by atoms with E-state index in [9.17, 15) is 23.6 Å². The number of anilines is 1. The van der Waals surface area contributed by atoms with Gasteiger partial charge in [-0.1, -0.05) is 12.1 Å². The Morgan fingerprint density at radius 3 is 2.67 bits per heavy atom. The van der Waals surface area contributed by atoms with Crippen LogP contribution in [-0.2, 0) is 17.1 Å². The van der Waals surface area contributed by atoms with Gasteiger partial charge < -0.3 is 9.67 Å². The number of aromatic nitrogens is 2. The molecule has 140 valence electrons. The molecule has 0 atom stereocenters. The predicted molar refractivity (Wildman–Crippen MR) is 99.3 cm³/mol. The van der Waals surface area contributed by atoms with Crippen LogP contribution in [0.3, 0.4) is 0 Å². The Hall–Kier alpha value is -3.05. The fourth-order valence-electron chi connectivity index (χ4n) is 2.21. The van der Waals surface area contributed by atoms with Crippen molar-refractivity contribution in [3.8, 4) is 5.75 Å². The van der Waals surface area contributed by atoms with E-state index < -0.39 is 26.4 Å². The Bertz CT molecular complexity index is 1110. The highest BCUT2D eigenvalue weighted by atomic mass is 32.2. The van der Waals surface area contributed by atoms with Crippen molar-refractivity contribution in [1.82, 2.24) is 9.55 Å². The molecule has 2 N–H and O–H groups in total. The molecule has 0 aliphatic rings. The van der Waals surface area contributed by atoms with Gasteiger partial charge in [0.05, 0.1) is 15.5 Å². The van der Waals surface area contributed by atoms with Crippen LogP contribution in [0.4, 0.5) is 11.4 Å². The summed E-state index contributed by atoms with van der Waals surface area (Å²) in [5, 5.41) is 21.1. The summed E-state index contributed by atoms with van der Waals surface area (Å²) in [6.45, 7) is 0. The molecule has 0 saturated carbocycles. The minimum atomic E-state index is -4.10. The molecule has 2 aromatic carbocycles. The minimum Gasteiger partial charge on any atom is -0.502 e. The number of nitrogens with one attached hydrogen (secondary N) is 1. The first-order valence-electron chi connectivity index (χ1n) is 7.52. The van der Waals surface area contributed by atoms with Crippen molar-refractivity contribution < 1.29 is 18.4 Å². The molecule has 0 aliphatic carbocycles. The van der Waals surface area contributed by atoms with Gasteiger partial charge in [-0.25, -0.2) is 13.4 Å². The maximum atomic E-state index is 12.7. The highest BCUT2D eigenvalue weighted by Gasteiger charge is 2.22. The third-order valence-electron chi connectivity index (χ3n) is 3.56. The van der Waals surface area contributed by atoms with Gasteiger partial charge in [0.25, 0.3) is 10.0 Å². The number of nitro benzene ring substituents is 1. The first-order chi connectivity index (χ1) is 12.8. The normalized spacial score (nSPS) is 11.3. The van der Waals surface area contributed by atoms with E-state index >= 15 is 0 Å². The van der Waals surface area contributed by atoms with Gasteiger partial charge in [-0.3, -0.25) is 14.8 Å². The Morgan fingerprint density at radius 1 is 1.26 bits per heavy atom. The zero-order chi connectivity index (χ0) is 19.6. The molecule has 0 fully saturated rings. The lowest BCUT2D eigenvalue weighted by molar-refractivity contribution is -0.386. The van der Waals surface area contributed by atoms with E-state index in [0.29, 0.717) is 15.7 Å². The number of para-hydroxylation sites is 1. The summed E-state index contributed by atoms with van der Waals surface area (Å²) in [5.74, 6) is -0.607. The second kappa shape index (κ2) is 7.29. The van der Waals surface area contributed by atoms with E-state index in [4.69, 9.17) is 0 Å². The van der Waals surface area contributed by atoms with E-state index in [1.807, 2.05) is 7.05 Å². The summed E-state index contributed by atoms with van der Waals surface area (Å²) < 4.78 is 29.5. The second-order valence-corrected chi connectivity index (χ2v) is 8.12. The van der Waals surface area contributed by atoms with E-state index in [1.54, 1.807) is 41.2 Å². The summed E-state index contributed by atoms with van der Waals surface area (Å²) in [7, 11) is -2.29. The average molecular weight is 406 g/mol. The molecule has 11 heteroatoms. The molecule has 9 nitrogen and oxygen atoms in total. The summed E-state index contributed by atoms with van der Waals surface area (Å²) in [6, 6.07) is 9.62. The van der Waals surface area contributed by atoms with Crippen LogP contribution in [0.15, 0.2) is 69.8 Å². The van der Waals surface area contributed by atoms with Gasteiger partial charge >= 0.3 is 5.69 Å². The van der Waals surface area contributed by atoms with Crippen molar-refractivity contribution in [3.63, 3.8) is 0 Å². The predicted octanol–water partition coefficient (Wildman–Crippen LogP) is 2.99. The van der Waals surface area contributed by atoms with Crippen molar-refractivity contribution in [3.05, 3.63) is 65.0 Å². The molecule has 3 aromatic rings. The number of benzene rings is 2. The lowest BCUT2D eigenvalue weighted by Gasteiger charge is -2.12. The van der Waals surface area contributed by atoms with Crippen molar-refractivity contribution in [2.75, 3.05) is 4.72 Å². The van der Waals surface area contributed by atoms with Crippen molar-refractivity contribution in [2.45, 2.75) is 14.9 Å². The molecular formula is C16H14N4O5S2. The number of phenolic OH excluding ortho intramolecular Hbond substituents is 1. The van der Waals surface area contributed by atoms with Crippen LogP contribution in [-0.4, -0.2) is 28.0 Å². The van der Waals surface area contributed by atoms with E-state index in [1.165, 1.54) is 11.8 Å². The molecule has 0 saturated heterocycles. The fraction of sp³-hybridized carbons (Fsp3) is 0.0625. The number of aromatic hydroxyl groups is 1. The molecule has 0 unspecified atom stereocenters. The largest absolute Gasteiger partial charge is 0.502 e. The molecule has 1 heterocycles. The average Bonchev–Trinajstić information content (AvgIpc) is 3.01. The molecule has 3 rings (SSSR count). The summed E-state index contributed by atoms with van der Waals surface area (Å²) in [4.78, 5) is 14.6. The van der Waals surface area contributed by atoms with Gasteiger partial charge in [-0.2, -0.15) is 0 Å². The van der Waals surface area contributed by atoms with Gasteiger partial charge in [0, 0.05) is 30.4 Å². The van der Waals surface area contributed by atoms with Crippen LogP contribution in [0, 0.1) is 10.1 Å². The van der Waals surface area contributed by atoms with E-state index in [-0.39, 0.29) is 4.90 Å². The van der Waals surface area contributed by atoms with E-state index in [2.05, 4.69) is 9.71 Å². The molecule has 1 aromatic heterocycles. The number of sulfonamides is 1. The van der Waals surface area contributed by atoms with Crippen LogP contribution in [0.1, 0.15) is 0 Å². The highest BCUT2D eigenvalue weighted by molar-refractivity contribution is 7.99. The van der Waals surface area contributed by atoms with Gasteiger partial charge in [0.2, 0.25) is 0 Å². The Kier molecular flexibility index (Phi) is 5.06. The summed E-state index contributed by atoms with van der Waals surface area (Å²) in [5.41, 5.74) is -0.380. The molecule has 0 radical (unpaired) electrons. The monoisotopic (exact) mass is 406 g/mol. The Morgan fingerprint density at radius 2 is 2.00 bits per heavy atom. The van der Waals surface area contributed by atoms with Crippen LogP contribution >= 0.6 is 11.8 Å². The van der Waals surface area contributed by atoms with Gasteiger partial charge in [0.1, 0.15) is 0 Å². The van der Waals surface area contributed by atoms with Crippen molar-refractivity contribution >= 4 is 33.2 Å². The second-order valence-electron chi connectivity index (χ2n) is 5.43. The fourth-order valence-corrected chi connectivity index (χ4v) is 4.26. The molecule has 0 bridgehead atoms. The van der Waals surface area contributed by atoms with Crippen LogP contribution in [0.2, 0.25) is 0 Å². The van der Waals surface area contributed by atoms with Gasteiger partial charge in [-0.05, 0) is 36.0 Å². The van der Waals surface area contributed by atoms with Crippen LogP contribution in [0.25, 0.3) is 0 Å². The standard InChI is InChI=1S/C16H14N4O5S2/c1-19-9-8-17-16(19)26-15-5-3-2-4-12(15)18-27(24,25)11-6-7-14(21)13(10-11)20(22)23/h2-10,18,21H,1H3. The topological polar surface area (TPSA) is 127 Å². The Balaban J connectivity index is 1.94. The SMILES string of the molecule is Cn1ccnc1Sc1ccccc1NS(=O)(=O)c1ccc(O)c([N+](=O)[O-])c1. The number of imidazole rings is 1. The molecule has 0 amide bonds. The maximum Gasteiger partial charge on any atom is 0.312 e. The van der Waals surface area contributed by atoms with Crippen LogP contribution < -0.4 is 4.72 Å². The molecule has 27 heavy (non-hydrogen) atoms. The highest BCUT2D eigenvalue weighted by Crippen LogP contribution is 2.34. The number of hydrogen-bond donors (Lipinski definition) is 2. The molecular weight excluding hydrogens is 392 g/mol. The maximum absolute atomic E-state index is 12.7. The third-order valence-corrected chi connectivity index (χ3v) is 6.08. The van der Waals surface area contributed by atoms with Crippen molar-refractivity contribution in [1.29, 1.82) is 0 Å². The zero-order valence-electron chi connectivity index (χ0n) is 13.9. The van der Waals surface area contributed by atoms with Crippen LogP contribution in [0.5, 0.6) is 5.75 Å². The minimum absolute atomic E-state index is 0.307. The number of hydrogen-bond acceptors (Lipinski definition) is 7. The van der Waals surface area contributed by atoms with E-state index in [0.717, 1.165) is 18.2 Å². The number of phenols is 1. The number of nitro groups is 1. The molecule has 0 aliphatic heterocycles. The lowest BCUT2D eigenvalue weighted by atomic mass is 10.3. The quantitative estimate of drug-likeness (QED) is 0.476. The number of nitrogens with zero attached hydrogens (tertiary/aromatic N) is 3. The number of aryl methyl sites for hydroxylation is 1. The number of rotatable bonds is 6. The third kappa shape index (κ3) is 4.04.